The number of hydrogen-bond donors (Lipinski definition) is 1. The highest BCUT2D eigenvalue weighted by atomic mass is 16.2. The summed E-state index contributed by atoms with van der Waals surface area (Å²) in [4.78, 5) is 33.6. The molecule has 1 aromatic carbocycles. The largest absolute Gasteiger partial charge is 0.352 e. The molecular weight excluding hydrogens is 378 g/mol. The molecule has 2 aliphatic heterocycles. The summed E-state index contributed by atoms with van der Waals surface area (Å²) in [7, 11) is 0. The predicted molar refractivity (Wildman–Crippen MR) is 117 cm³/mol. The van der Waals surface area contributed by atoms with Gasteiger partial charge in [0.1, 0.15) is 0 Å². The molecule has 0 unspecified atom stereocenters. The van der Waals surface area contributed by atoms with Crippen LogP contribution in [0.1, 0.15) is 24.0 Å². The Balaban J connectivity index is 1.13. The molecule has 0 bridgehead atoms. The molecule has 2 saturated heterocycles. The zero-order valence-corrected chi connectivity index (χ0v) is 18.2. The van der Waals surface area contributed by atoms with Crippen LogP contribution >= 0.6 is 0 Å². The lowest BCUT2D eigenvalue weighted by Crippen LogP contribution is -2.54. The Hall–Kier alpha value is -1.96. The molecule has 0 spiro atoms. The van der Waals surface area contributed by atoms with Crippen molar-refractivity contribution in [1.82, 2.24) is 24.9 Å². The average molecular weight is 414 g/mol. The van der Waals surface area contributed by atoms with E-state index < -0.39 is 0 Å². The van der Waals surface area contributed by atoms with E-state index in [9.17, 15) is 9.59 Å². The van der Waals surface area contributed by atoms with Gasteiger partial charge in [0.2, 0.25) is 11.8 Å². The molecule has 0 aromatic heterocycles. The van der Waals surface area contributed by atoms with Crippen LogP contribution in [-0.2, 0) is 16.1 Å². The third kappa shape index (κ3) is 6.27. The highest BCUT2D eigenvalue weighted by Gasteiger charge is 2.27. The molecule has 4 rings (SSSR count). The van der Waals surface area contributed by atoms with Crippen LogP contribution < -0.4 is 5.32 Å². The zero-order chi connectivity index (χ0) is 20.9. The summed E-state index contributed by atoms with van der Waals surface area (Å²) in [5.74, 6) is 0.385. The fourth-order valence-electron chi connectivity index (χ4n) is 4.32. The summed E-state index contributed by atoms with van der Waals surface area (Å²) >= 11 is 0. The molecule has 30 heavy (non-hydrogen) atoms. The Morgan fingerprint density at radius 3 is 2.17 bits per heavy atom. The third-order valence-electron chi connectivity index (χ3n) is 6.35. The van der Waals surface area contributed by atoms with Crippen LogP contribution in [0.3, 0.4) is 0 Å². The van der Waals surface area contributed by atoms with E-state index in [-0.39, 0.29) is 11.8 Å². The van der Waals surface area contributed by atoms with Crippen molar-refractivity contribution in [3.63, 3.8) is 0 Å². The Labute approximate surface area is 180 Å². The molecule has 7 heteroatoms. The van der Waals surface area contributed by atoms with Gasteiger partial charge in [-0.2, -0.15) is 0 Å². The van der Waals surface area contributed by atoms with Gasteiger partial charge in [0.25, 0.3) is 0 Å². The highest BCUT2D eigenvalue weighted by molar-refractivity contribution is 5.79. The van der Waals surface area contributed by atoms with E-state index in [2.05, 4.69) is 51.2 Å². The molecular formula is C23H35N5O2. The van der Waals surface area contributed by atoms with Crippen LogP contribution in [-0.4, -0.2) is 103 Å². The lowest BCUT2D eigenvalue weighted by molar-refractivity contribution is -0.135. The smallest absolute Gasteiger partial charge is 0.236 e. The van der Waals surface area contributed by atoms with Crippen molar-refractivity contribution in [2.24, 2.45) is 0 Å². The lowest BCUT2D eigenvalue weighted by atomic mass is 10.1. The summed E-state index contributed by atoms with van der Waals surface area (Å²) in [6.45, 7) is 11.0. The Morgan fingerprint density at radius 2 is 1.53 bits per heavy atom. The molecule has 1 aliphatic carbocycles. The van der Waals surface area contributed by atoms with Gasteiger partial charge in [-0.15, -0.1) is 0 Å². The number of rotatable bonds is 7. The van der Waals surface area contributed by atoms with Gasteiger partial charge < -0.3 is 10.2 Å². The summed E-state index contributed by atoms with van der Waals surface area (Å²) in [5, 5.41) is 3.05. The second kappa shape index (κ2) is 9.90. The molecule has 1 saturated carbocycles. The predicted octanol–water partition coefficient (Wildman–Crippen LogP) is 0.535. The maximum Gasteiger partial charge on any atom is 0.236 e. The van der Waals surface area contributed by atoms with Crippen LogP contribution in [0.25, 0.3) is 0 Å². The number of nitrogens with one attached hydrogen (secondary N) is 1. The van der Waals surface area contributed by atoms with Crippen molar-refractivity contribution in [3.8, 4) is 0 Å². The van der Waals surface area contributed by atoms with Crippen molar-refractivity contribution in [3.05, 3.63) is 35.4 Å². The van der Waals surface area contributed by atoms with Gasteiger partial charge in [0.05, 0.1) is 13.1 Å². The fraction of sp³-hybridized carbons (Fsp3) is 0.652. The molecule has 3 fully saturated rings. The van der Waals surface area contributed by atoms with Gasteiger partial charge in [0.15, 0.2) is 0 Å². The Morgan fingerprint density at radius 1 is 0.900 bits per heavy atom. The molecule has 2 heterocycles. The number of piperazine rings is 2. The summed E-state index contributed by atoms with van der Waals surface area (Å²) in [5.41, 5.74) is 2.64. The number of carbonyl (C=O) groups excluding carboxylic acids is 2. The number of hydrogen-bond acceptors (Lipinski definition) is 5. The topological polar surface area (TPSA) is 59.1 Å². The minimum absolute atomic E-state index is 0.144. The monoisotopic (exact) mass is 413 g/mol. The second-order valence-corrected chi connectivity index (χ2v) is 9.04. The van der Waals surface area contributed by atoms with Gasteiger partial charge in [-0.1, -0.05) is 29.8 Å². The summed E-state index contributed by atoms with van der Waals surface area (Å²) in [6, 6.07) is 9.09. The maximum atomic E-state index is 12.8. The minimum atomic E-state index is 0.144. The highest BCUT2D eigenvalue weighted by Crippen LogP contribution is 2.18. The molecule has 0 radical (unpaired) electrons. The van der Waals surface area contributed by atoms with E-state index in [0.717, 1.165) is 71.7 Å². The first-order valence-electron chi connectivity index (χ1n) is 11.3. The molecule has 2 amide bonds. The van der Waals surface area contributed by atoms with Gasteiger partial charge >= 0.3 is 0 Å². The van der Waals surface area contributed by atoms with E-state index in [1.807, 2.05) is 4.90 Å². The van der Waals surface area contributed by atoms with Crippen LogP contribution in [0.15, 0.2) is 24.3 Å². The fourth-order valence-corrected chi connectivity index (χ4v) is 4.32. The Kier molecular flexibility index (Phi) is 7.02. The molecule has 1 N–H and O–H groups in total. The SMILES string of the molecule is Cc1cccc(CN2CCN(C(=O)CN3CCN(CC(=O)NC4CC4)CC3)CC2)c1. The number of aryl methyl sites for hydroxylation is 1. The quantitative estimate of drug-likeness (QED) is 0.707. The molecule has 7 nitrogen and oxygen atoms in total. The van der Waals surface area contributed by atoms with Crippen LogP contribution in [0.4, 0.5) is 0 Å². The summed E-state index contributed by atoms with van der Waals surface area (Å²) in [6.07, 6.45) is 2.25. The van der Waals surface area contributed by atoms with E-state index in [1.165, 1.54) is 11.1 Å². The van der Waals surface area contributed by atoms with Crippen LogP contribution in [0, 0.1) is 6.92 Å². The van der Waals surface area contributed by atoms with E-state index in [1.54, 1.807) is 0 Å². The number of carbonyl (C=O) groups is 2. The van der Waals surface area contributed by atoms with Crippen LogP contribution in [0.5, 0.6) is 0 Å². The number of nitrogens with zero attached hydrogens (tertiary/aromatic N) is 4. The molecule has 0 atom stereocenters. The first kappa shape index (κ1) is 21.3. The van der Waals surface area contributed by atoms with E-state index in [0.29, 0.717) is 19.1 Å². The van der Waals surface area contributed by atoms with Gasteiger partial charge in [-0.25, -0.2) is 0 Å². The van der Waals surface area contributed by atoms with E-state index in [4.69, 9.17) is 0 Å². The first-order chi connectivity index (χ1) is 14.5. The molecule has 3 aliphatic rings. The molecule has 164 valence electrons. The normalized spacial score (nSPS) is 21.6. The van der Waals surface area contributed by atoms with Gasteiger partial charge in [0, 0.05) is 64.9 Å². The second-order valence-electron chi connectivity index (χ2n) is 9.04. The van der Waals surface area contributed by atoms with Crippen molar-refractivity contribution in [2.75, 3.05) is 65.4 Å². The van der Waals surface area contributed by atoms with Crippen molar-refractivity contribution in [2.45, 2.75) is 32.4 Å². The summed E-state index contributed by atoms with van der Waals surface area (Å²) < 4.78 is 0. The van der Waals surface area contributed by atoms with Crippen molar-refractivity contribution < 1.29 is 9.59 Å². The minimum Gasteiger partial charge on any atom is -0.352 e. The van der Waals surface area contributed by atoms with E-state index >= 15 is 0 Å². The standard InChI is InChI=1S/C23H35N5O2/c1-19-3-2-4-20(15-19)16-25-11-13-28(14-12-25)23(30)18-27-9-7-26(8-10-27)17-22(29)24-21-5-6-21/h2-4,15,21H,5-14,16-18H2,1H3,(H,24,29). The van der Waals surface area contributed by atoms with Crippen LogP contribution in [0.2, 0.25) is 0 Å². The third-order valence-corrected chi connectivity index (χ3v) is 6.35. The molecule has 1 aromatic rings. The maximum absolute atomic E-state index is 12.8. The van der Waals surface area contributed by atoms with Gasteiger partial charge in [-0.3, -0.25) is 24.3 Å². The zero-order valence-electron chi connectivity index (χ0n) is 18.2. The average Bonchev–Trinajstić information content (AvgIpc) is 3.54. The number of benzene rings is 1. The van der Waals surface area contributed by atoms with Crippen molar-refractivity contribution in [1.29, 1.82) is 0 Å². The Bertz CT molecular complexity index is 735. The number of amides is 2. The van der Waals surface area contributed by atoms with Crippen molar-refractivity contribution >= 4 is 11.8 Å². The van der Waals surface area contributed by atoms with Gasteiger partial charge in [-0.05, 0) is 25.3 Å². The first-order valence-corrected chi connectivity index (χ1v) is 11.3. The lowest BCUT2D eigenvalue weighted by Gasteiger charge is -2.38.